The van der Waals surface area contributed by atoms with Gasteiger partial charge in [0.1, 0.15) is 5.84 Å². The summed E-state index contributed by atoms with van der Waals surface area (Å²) < 4.78 is 0.947. The Balaban J connectivity index is 2.30. The SMILES string of the molecule is CN1CCCC1=Nc1ccc(Cl)cc1Br. The maximum atomic E-state index is 5.87. The summed E-state index contributed by atoms with van der Waals surface area (Å²) in [6, 6.07) is 5.67. The predicted molar refractivity (Wildman–Crippen MR) is 68.1 cm³/mol. The molecule has 0 amide bonds. The third-order valence-electron chi connectivity index (χ3n) is 2.49. The summed E-state index contributed by atoms with van der Waals surface area (Å²) in [5.41, 5.74) is 0.947. The molecule has 1 aliphatic rings. The van der Waals surface area contributed by atoms with Crippen molar-refractivity contribution in [2.24, 2.45) is 4.99 Å². The summed E-state index contributed by atoms with van der Waals surface area (Å²) in [4.78, 5) is 6.81. The molecule has 15 heavy (non-hydrogen) atoms. The second-order valence-corrected chi connectivity index (χ2v) is 4.94. The summed E-state index contributed by atoms with van der Waals surface area (Å²) in [5.74, 6) is 1.15. The van der Waals surface area contributed by atoms with Crippen molar-refractivity contribution in [2.75, 3.05) is 13.6 Å². The molecule has 0 radical (unpaired) electrons. The van der Waals surface area contributed by atoms with E-state index in [1.54, 1.807) is 0 Å². The molecule has 0 spiro atoms. The maximum Gasteiger partial charge on any atom is 0.105 e. The number of likely N-dealkylation sites (tertiary alicyclic amines) is 1. The predicted octanol–water partition coefficient (Wildman–Crippen LogP) is 3.86. The standard InChI is InChI=1S/C11H12BrClN2/c1-15-6-2-3-11(15)14-10-5-4-8(13)7-9(10)12/h4-5,7H,2-3,6H2,1H3. The van der Waals surface area contributed by atoms with Gasteiger partial charge in [-0.3, -0.25) is 0 Å². The van der Waals surface area contributed by atoms with Crippen LogP contribution in [0.5, 0.6) is 0 Å². The van der Waals surface area contributed by atoms with Crippen molar-refractivity contribution >= 4 is 39.1 Å². The van der Waals surface area contributed by atoms with Crippen molar-refractivity contribution in [1.82, 2.24) is 4.90 Å². The highest BCUT2D eigenvalue weighted by Crippen LogP contribution is 2.29. The first-order valence-corrected chi connectivity index (χ1v) is 6.07. The van der Waals surface area contributed by atoms with Crippen LogP contribution in [0.3, 0.4) is 0 Å². The summed E-state index contributed by atoms with van der Waals surface area (Å²) in [6.07, 6.45) is 2.26. The number of benzene rings is 1. The van der Waals surface area contributed by atoms with Gasteiger partial charge in [-0.15, -0.1) is 0 Å². The molecular weight excluding hydrogens is 275 g/mol. The quantitative estimate of drug-likeness (QED) is 0.766. The Morgan fingerprint density at radius 1 is 1.47 bits per heavy atom. The molecule has 1 heterocycles. The third-order valence-corrected chi connectivity index (χ3v) is 3.36. The highest BCUT2D eigenvalue weighted by atomic mass is 79.9. The van der Waals surface area contributed by atoms with Crippen LogP contribution in [0.4, 0.5) is 5.69 Å². The number of hydrogen-bond donors (Lipinski definition) is 0. The summed E-state index contributed by atoms with van der Waals surface area (Å²) in [7, 11) is 2.08. The van der Waals surface area contributed by atoms with Crippen LogP contribution in [0.1, 0.15) is 12.8 Å². The van der Waals surface area contributed by atoms with Gasteiger partial charge in [-0.2, -0.15) is 0 Å². The molecule has 1 aromatic rings. The molecule has 1 saturated heterocycles. The average Bonchev–Trinajstić information content (AvgIpc) is 2.57. The second-order valence-electron chi connectivity index (χ2n) is 3.65. The zero-order valence-electron chi connectivity index (χ0n) is 8.50. The van der Waals surface area contributed by atoms with Gasteiger partial charge in [0.05, 0.1) is 5.69 Å². The number of amidine groups is 1. The van der Waals surface area contributed by atoms with Gasteiger partial charge in [-0.1, -0.05) is 11.6 Å². The number of rotatable bonds is 1. The Labute approximate surface area is 103 Å². The molecule has 2 nitrogen and oxygen atoms in total. The van der Waals surface area contributed by atoms with Crippen LogP contribution >= 0.6 is 27.5 Å². The van der Waals surface area contributed by atoms with Gasteiger partial charge in [0.15, 0.2) is 0 Å². The molecule has 2 rings (SSSR count). The molecule has 0 unspecified atom stereocenters. The largest absolute Gasteiger partial charge is 0.363 e. The van der Waals surface area contributed by atoms with E-state index in [4.69, 9.17) is 11.6 Å². The van der Waals surface area contributed by atoms with Gasteiger partial charge < -0.3 is 4.90 Å². The molecule has 1 fully saturated rings. The molecule has 0 aromatic heterocycles. The van der Waals surface area contributed by atoms with Gasteiger partial charge in [-0.25, -0.2) is 4.99 Å². The number of aliphatic imine (C=N–C) groups is 1. The lowest BCUT2D eigenvalue weighted by Crippen LogP contribution is -2.18. The van der Waals surface area contributed by atoms with Crippen molar-refractivity contribution in [3.05, 3.63) is 27.7 Å². The molecule has 0 saturated carbocycles. The molecular formula is C11H12BrClN2. The highest BCUT2D eigenvalue weighted by molar-refractivity contribution is 9.10. The van der Waals surface area contributed by atoms with E-state index in [1.165, 1.54) is 6.42 Å². The first kappa shape index (κ1) is 11.0. The van der Waals surface area contributed by atoms with Gasteiger partial charge in [0.25, 0.3) is 0 Å². The summed E-state index contributed by atoms with van der Waals surface area (Å²) in [5, 5.41) is 0.727. The number of nitrogens with zero attached hydrogens (tertiary/aromatic N) is 2. The third kappa shape index (κ3) is 2.52. The molecule has 0 aliphatic carbocycles. The summed E-state index contributed by atoms with van der Waals surface area (Å²) >= 11 is 9.34. The first-order chi connectivity index (χ1) is 7.16. The van der Waals surface area contributed by atoms with E-state index < -0.39 is 0 Å². The Morgan fingerprint density at radius 2 is 2.27 bits per heavy atom. The molecule has 4 heteroatoms. The fourth-order valence-corrected chi connectivity index (χ4v) is 2.42. The van der Waals surface area contributed by atoms with E-state index in [0.717, 1.165) is 34.0 Å². The van der Waals surface area contributed by atoms with Gasteiger partial charge in [-0.05, 0) is 40.5 Å². The van der Waals surface area contributed by atoms with Gasteiger partial charge >= 0.3 is 0 Å². The zero-order chi connectivity index (χ0) is 10.8. The van der Waals surface area contributed by atoms with Crippen molar-refractivity contribution in [2.45, 2.75) is 12.8 Å². The van der Waals surface area contributed by atoms with Crippen LogP contribution in [0.15, 0.2) is 27.7 Å². The lowest BCUT2D eigenvalue weighted by atomic mass is 10.3. The second kappa shape index (κ2) is 4.54. The lowest BCUT2D eigenvalue weighted by Gasteiger charge is -2.11. The van der Waals surface area contributed by atoms with E-state index in [2.05, 4.69) is 32.9 Å². The monoisotopic (exact) mass is 286 g/mol. The van der Waals surface area contributed by atoms with Crippen molar-refractivity contribution in [1.29, 1.82) is 0 Å². The Bertz CT molecular complexity index is 404. The average molecular weight is 288 g/mol. The maximum absolute atomic E-state index is 5.87. The highest BCUT2D eigenvalue weighted by Gasteiger charge is 2.14. The van der Waals surface area contributed by atoms with E-state index in [1.807, 2.05) is 18.2 Å². The molecule has 80 valence electrons. The van der Waals surface area contributed by atoms with Crippen LogP contribution in [0, 0.1) is 0 Å². The molecule has 0 N–H and O–H groups in total. The smallest absolute Gasteiger partial charge is 0.105 e. The van der Waals surface area contributed by atoms with E-state index in [9.17, 15) is 0 Å². The van der Waals surface area contributed by atoms with Gasteiger partial charge in [0.2, 0.25) is 0 Å². The first-order valence-electron chi connectivity index (χ1n) is 4.90. The van der Waals surface area contributed by atoms with Crippen molar-refractivity contribution in [3.63, 3.8) is 0 Å². The fraction of sp³-hybridized carbons (Fsp3) is 0.364. The fourth-order valence-electron chi connectivity index (χ4n) is 1.65. The molecule has 1 aromatic carbocycles. The summed E-state index contributed by atoms with van der Waals surface area (Å²) in [6.45, 7) is 1.10. The van der Waals surface area contributed by atoms with Crippen LogP contribution < -0.4 is 0 Å². The number of hydrogen-bond acceptors (Lipinski definition) is 1. The van der Waals surface area contributed by atoms with Crippen LogP contribution in [0.25, 0.3) is 0 Å². The van der Waals surface area contributed by atoms with Gasteiger partial charge in [0, 0.05) is 29.5 Å². The minimum atomic E-state index is 0.727. The Kier molecular flexibility index (Phi) is 3.32. The van der Waals surface area contributed by atoms with Crippen LogP contribution in [0.2, 0.25) is 5.02 Å². The van der Waals surface area contributed by atoms with Crippen molar-refractivity contribution in [3.8, 4) is 0 Å². The lowest BCUT2D eigenvalue weighted by molar-refractivity contribution is 0.550. The minimum Gasteiger partial charge on any atom is -0.363 e. The normalized spacial score (nSPS) is 18.9. The topological polar surface area (TPSA) is 15.6 Å². The Morgan fingerprint density at radius 3 is 2.87 bits per heavy atom. The zero-order valence-corrected chi connectivity index (χ0v) is 10.8. The van der Waals surface area contributed by atoms with Crippen LogP contribution in [-0.2, 0) is 0 Å². The molecule has 0 atom stereocenters. The van der Waals surface area contributed by atoms with E-state index >= 15 is 0 Å². The molecule has 0 bridgehead atoms. The Hall–Kier alpha value is -0.540. The van der Waals surface area contributed by atoms with Crippen LogP contribution in [-0.4, -0.2) is 24.3 Å². The molecule has 1 aliphatic heterocycles. The van der Waals surface area contributed by atoms with E-state index in [-0.39, 0.29) is 0 Å². The van der Waals surface area contributed by atoms with Crippen molar-refractivity contribution < 1.29 is 0 Å². The van der Waals surface area contributed by atoms with E-state index in [0.29, 0.717) is 0 Å². The number of halogens is 2. The minimum absolute atomic E-state index is 0.727.